The lowest BCUT2D eigenvalue weighted by Gasteiger charge is -2.08. The molecule has 0 unspecified atom stereocenters. The molecule has 0 aliphatic heterocycles. The Morgan fingerprint density at radius 1 is 1.28 bits per heavy atom. The molecule has 10 heteroatoms. The highest BCUT2D eigenvalue weighted by Crippen LogP contribution is 2.22. The second-order valence-electron chi connectivity index (χ2n) is 6.87. The second kappa shape index (κ2) is 10.5. The van der Waals surface area contributed by atoms with Gasteiger partial charge in [-0.05, 0) is 44.0 Å². The third-order valence-corrected chi connectivity index (χ3v) is 4.64. The van der Waals surface area contributed by atoms with Crippen LogP contribution in [-0.2, 0) is 20.9 Å². The molecule has 1 N–H and O–H groups in total. The van der Waals surface area contributed by atoms with Gasteiger partial charge in [0.15, 0.2) is 6.61 Å². The molecule has 10 nitrogen and oxygen atoms in total. The Morgan fingerprint density at radius 3 is 2.59 bits per heavy atom. The van der Waals surface area contributed by atoms with Crippen LogP contribution in [0.1, 0.15) is 35.9 Å². The van der Waals surface area contributed by atoms with Crippen molar-refractivity contribution in [3.8, 4) is 12.1 Å². The number of nitro benzene ring substituents is 1. The second-order valence-corrected chi connectivity index (χ2v) is 6.87. The molecule has 0 aliphatic carbocycles. The van der Waals surface area contributed by atoms with Gasteiger partial charge in [0, 0.05) is 30.1 Å². The van der Waals surface area contributed by atoms with E-state index in [9.17, 15) is 25.0 Å². The van der Waals surface area contributed by atoms with E-state index in [0.29, 0.717) is 5.56 Å². The number of carbonyl (C=O) groups is 2. The number of aromatic nitrogens is 1. The molecule has 0 aliphatic rings. The van der Waals surface area contributed by atoms with Gasteiger partial charge in [0.25, 0.3) is 11.6 Å². The van der Waals surface area contributed by atoms with Crippen LogP contribution >= 0.6 is 0 Å². The van der Waals surface area contributed by atoms with Crippen LogP contribution in [0.2, 0.25) is 0 Å². The number of rotatable bonds is 8. The summed E-state index contributed by atoms with van der Waals surface area (Å²) in [5.74, 6) is -1.73. The predicted molar refractivity (Wildman–Crippen MR) is 115 cm³/mol. The highest BCUT2D eigenvalue weighted by molar-refractivity contribution is 6.00. The van der Waals surface area contributed by atoms with Crippen molar-refractivity contribution in [2.75, 3.05) is 11.9 Å². The van der Waals surface area contributed by atoms with Crippen LogP contribution in [0.15, 0.2) is 29.8 Å². The number of nitrogens with one attached hydrogen (secondary N) is 1. The van der Waals surface area contributed by atoms with Crippen LogP contribution in [0.25, 0.3) is 6.08 Å². The van der Waals surface area contributed by atoms with Crippen molar-refractivity contribution in [1.29, 1.82) is 10.5 Å². The smallest absolute Gasteiger partial charge is 0.349 e. The summed E-state index contributed by atoms with van der Waals surface area (Å²) in [7, 11) is 0. The third kappa shape index (κ3) is 5.58. The maximum absolute atomic E-state index is 12.3. The highest BCUT2D eigenvalue weighted by atomic mass is 16.6. The summed E-state index contributed by atoms with van der Waals surface area (Å²) in [6.45, 7) is 5.98. The Hall–Kier alpha value is -4.44. The van der Waals surface area contributed by atoms with E-state index < -0.39 is 23.4 Å². The van der Waals surface area contributed by atoms with E-state index in [0.717, 1.165) is 36.5 Å². The van der Waals surface area contributed by atoms with E-state index in [1.54, 1.807) is 12.1 Å². The first-order chi connectivity index (χ1) is 15.2. The highest BCUT2D eigenvalue weighted by Gasteiger charge is 2.17. The van der Waals surface area contributed by atoms with Crippen LogP contribution < -0.4 is 5.32 Å². The maximum atomic E-state index is 12.3. The molecule has 2 aromatic rings. The SMILES string of the molecule is CCCn1c(C)cc(C=C(C#N)C(=O)OCC(=O)Nc2ccc([N+](=O)[O-])cc2C#N)c1C. The lowest BCUT2D eigenvalue weighted by Crippen LogP contribution is -2.21. The molecule has 0 bridgehead atoms. The monoisotopic (exact) mass is 435 g/mol. The van der Waals surface area contributed by atoms with E-state index in [1.165, 1.54) is 12.1 Å². The van der Waals surface area contributed by atoms with Gasteiger partial charge in [0.2, 0.25) is 0 Å². The Labute approximate surface area is 184 Å². The molecular weight excluding hydrogens is 414 g/mol. The average molecular weight is 435 g/mol. The van der Waals surface area contributed by atoms with E-state index in [4.69, 9.17) is 10.00 Å². The van der Waals surface area contributed by atoms with E-state index in [-0.39, 0.29) is 22.5 Å². The van der Waals surface area contributed by atoms with Gasteiger partial charge in [-0.1, -0.05) is 6.92 Å². The normalized spacial score (nSPS) is 10.7. The Bertz CT molecular complexity index is 1180. The Kier molecular flexibility index (Phi) is 7.86. The molecule has 32 heavy (non-hydrogen) atoms. The first kappa shape index (κ1) is 23.8. The Morgan fingerprint density at radius 2 is 2.00 bits per heavy atom. The zero-order chi connectivity index (χ0) is 23.8. The molecule has 0 spiro atoms. The van der Waals surface area contributed by atoms with Gasteiger partial charge >= 0.3 is 5.97 Å². The first-order valence-corrected chi connectivity index (χ1v) is 9.65. The molecule has 0 radical (unpaired) electrons. The fraction of sp³-hybridized carbons (Fsp3) is 0.273. The number of nitro groups is 1. The summed E-state index contributed by atoms with van der Waals surface area (Å²) >= 11 is 0. The number of anilines is 1. The van der Waals surface area contributed by atoms with Crippen LogP contribution in [0, 0.1) is 46.6 Å². The molecular formula is C22H21N5O5. The summed E-state index contributed by atoms with van der Waals surface area (Å²) in [4.78, 5) is 34.5. The number of non-ortho nitro benzene ring substituents is 1. The van der Waals surface area contributed by atoms with Crippen molar-refractivity contribution in [2.24, 2.45) is 0 Å². The standard InChI is InChI=1S/C22H21N5O5/c1-4-7-26-14(2)8-16(15(26)3)9-18(12-24)22(29)32-13-21(28)25-20-6-5-19(27(30)31)10-17(20)11-23/h5-6,8-10H,4,7,13H2,1-3H3,(H,25,28). The van der Waals surface area contributed by atoms with Gasteiger partial charge in [0.05, 0.1) is 16.2 Å². The van der Waals surface area contributed by atoms with Crippen LogP contribution in [0.4, 0.5) is 11.4 Å². The number of esters is 1. The lowest BCUT2D eigenvalue weighted by atomic mass is 10.1. The fourth-order valence-electron chi connectivity index (χ4n) is 3.08. The number of ether oxygens (including phenoxy) is 1. The van der Waals surface area contributed by atoms with Crippen molar-refractivity contribution in [2.45, 2.75) is 33.7 Å². The number of nitrogens with zero attached hydrogens (tertiary/aromatic N) is 4. The molecule has 164 valence electrons. The van der Waals surface area contributed by atoms with Crippen LogP contribution in [0.3, 0.4) is 0 Å². The van der Waals surface area contributed by atoms with Gasteiger partial charge in [-0.3, -0.25) is 14.9 Å². The van der Waals surface area contributed by atoms with Crippen molar-refractivity contribution in [1.82, 2.24) is 4.57 Å². The molecule has 1 aromatic heterocycles. The number of amides is 1. The van der Waals surface area contributed by atoms with E-state index in [2.05, 4.69) is 9.88 Å². The number of nitriles is 2. The minimum absolute atomic E-state index is 0.0403. The minimum Gasteiger partial charge on any atom is -0.451 e. The maximum Gasteiger partial charge on any atom is 0.349 e. The fourth-order valence-corrected chi connectivity index (χ4v) is 3.08. The summed E-state index contributed by atoms with van der Waals surface area (Å²) in [5, 5.41) is 31.6. The molecule has 0 fully saturated rings. The first-order valence-electron chi connectivity index (χ1n) is 9.65. The zero-order valence-corrected chi connectivity index (χ0v) is 17.8. The van der Waals surface area contributed by atoms with E-state index >= 15 is 0 Å². The lowest BCUT2D eigenvalue weighted by molar-refractivity contribution is -0.384. The summed E-state index contributed by atoms with van der Waals surface area (Å²) in [6.07, 6.45) is 2.35. The molecule has 2 rings (SSSR count). The Balaban J connectivity index is 2.08. The van der Waals surface area contributed by atoms with Gasteiger partial charge in [-0.25, -0.2) is 4.79 Å². The number of benzene rings is 1. The molecule has 1 amide bonds. The van der Waals surface area contributed by atoms with Crippen molar-refractivity contribution >= 4 is 29.3 Å². The molecule has 0 saturated carbocycles. The van der Waals surface area contributed by atoms with Crippen LogP contribution in [-0.4, -0.2) is 28.0 Å². The molecule has 1 aromatic carbocycles. The quantitative estimate of drug-likeness (QED) is 0.219. The number of hydrogen-bond donors (Lipinski definition) is 1. The van der Waals surface area contributed by atoms with Crippen LogP contribution in [0.5, 0.6) is 0 Å². The predicted octanol–water partition coefficient (Wildman–Crippen LogP) is 3.38. The van der Waals surface area contributed by atoms with E-state index in [1.807, 2.05) is 26.8 Å². The number of hydrogen-bond acceptors (Lipinski definition) is 7. The third-order valence-electron chi connectivity index (χ3n) is 4.64. The number of aryl methyl sites for hydroxylation is 1. The number of carbonyl (C=O) groups excluding carboxylic acids is 2. The largest absolute Gasteiger partial charge is 0.451 e. The summed E-state index contributed by atoms with van der Waals surface area (Å²) in [5.41, 5.74) is 1.98. The van der Waals surface area contributed by atoms with Crippen molar-refractivity contribution in [3.05, 3.63) is 62.5 Å². The zero-order valence-electron chi connectivity index (χ0n) is 17.8. The van der Waals surface area contributed by atoms with Crippen molar-refractivity contribution in [3.63, 3.8) is 0 Å². The van der Waals surface area contributed by atoms with Gasteiger partial charge < -0.3 is 14.6 Å². The summed E-state index contributed by atoms with van der Waals surface area (Å²) in [6, 6.07) is 8.77. The molecule has 0 atom stereocenters. The topological polar surface area (TPSA) is 151 Å². The van der Waals surface area contributed by atoms with Gasteiger partial charge in [-0.2, -0.15) is 10.5 Å². The van der Waals surface area contributed by atoms with Crippen molar-refractivity contribution < 1.29 is 19.2 Å². The summed E-state index contributed by atoms with van der Waals surface area (Å²) < 4.78 is 7.00. The minimum atomic E-state index is -0.966. The van der Waals surface area contributed by atoms with Gasteiger partial charge in [0.1, 0.15) is 17.7 Å². The van der Waals surface area contributed by atoms with Gasteiger partial charge in [-0.15, -0.1) is 0 Å². The molecule has 0 saturated heterocycles. The molecule has 1 heterocycles. The average Bonchev–Trinajstić information content (AvgIpc) is 3.03.